The lowest BCUT2D eigenvalue weighted by Crippen LogP contribution is -2.13. The Morgan fingerprint density at radius 1 is 0.500 bits per heavy atom. The fraction of sp³-hybridized carbons (Fsp3) is 1.00. The topological polar surface area (TPSA) is 29.1 Å². The lowest BCUT2D eigenvalue weighted by atomic mass is 10.0. The molecule has 2 unspecified atom stereocenters. The van der Waals surface area contributed by atoms with Crippen LogP contribution in [0.3, 0.4) is 0 Å². The van der Waals surface area contributed by atoms with Crippen molar-refractivity contribution in [3.05, 3.63) is 0 Å². The van der Waals surface area contributed by atoms with Gasteiger partial charge in [-0.05, 0) is 32.6 Å². The highest BCUT2D eigenvalue weighted by Gasteiger charge is 2.09. The van der Waals surface area contributed by atoms with Crippen molar-refractivity contribution in [1.29, 1.82) is 0 Å². The van der Waals surface area contributed by atoms with Crippen LogP contribution >= 0.6 is 0 Å². The SMILES string of the molecule is CCCCCCCCCCCCOC(C)CCC([O])CCCCCCCCCCC. The lowest BCUT2D eigenvalue weighted by Gasteiger charge is -2.15. The van der Waals surface area contributed by atoms with Crippen molar-refractivity contribution in [2.75, 3.05) is 6.61 Å². The van der Waals surface area contributed by atoms with Gasteiger partial charge in [0.25, 0.3) is 0 Å². The standard InChI is InChI=1S/C28H57O2/c1-4-6-8-10-12-14-16-18-20-22-26-30-27(3)24-25-28(29)23-21-19-17-15-13-11-9-7-5-2/h27-28H,4-26H2,1-3H3. The zero-order chi connectivity index (χ0) is 22.1. The fourth-order valence-electron chi connectivity index (χ4n) is 4.20. The van der Waals surface area contributed by atoms with Crippen LogP contribution in [0, 0.1) is 0 Å². The van der Waals surface area contributed by atoms with Crippen LogP contribution in [0.15, 0.2) is 0 Å². The molecule has 0 N–H and O–H groups in total. The Balaban J connectivity index is 3.28. The number of unbranched alkanes of at least 4 members (excludes halogenated alkanes) is 17. The van der Waals surface area contributed by atoms with Crippen molar-refractivity contribution in [3.8, 4) is 0 Å². The molecule has 0 aliphatic carbocycles. The average Bonchev–Trinajstić information content (AvgIpc) is 2.75. The zero-order valence-electron chi connectivity index (χ0n) is 21.2. The molecule has 0 aromatic heterocycles. The van der Waals surface area contributed by atoms with Crippen LogP contribution in [-0.2, 0) is 9.84 Å². The summed E-state index contributed by atoms with van der Waals surface area (Å²) in [5, 5.41) is 12.1. The van der Waals surface area contributed by atoms with Gasteiger partial charge in [0.1, 0.15) is 0 Å². The summed E-state index contributed by atoms with van der Waals surface area (Å²) in [6.45, 7) is 7.56. The van der Waals surface area contributed by atoms with Crippen LogP contribution in [0.2, 0.25) is 0 Å². The monoisotopic (exact) mass is 425 g/mol. The van der Waals surface area contributed by atoms with Crippen LogP contribution in [-0.4, -0.2) is 18.8 Å². The first-order chi connectivity index (χ1) is 14.7. The molecule has 0 saturated carbocycles. The first kappa shape index (κ1) is 29.9. The van der Waals surface area contributed by atoms with Gasteiger partial charge in [0.2, 0.25) is 0 Å². The van der Waals surface area contributed by atoms with Gasteiger partial charge < -0.3 is 4.74 Å². The predicted molar refractivity (Wildman–Crippen MR) is 133 cm³/mol. The summed E-state index contributed by atoms with van der Waals surface area (Å²) >= 11 is 0. The highest BCUT2D eigenvalue weighted by Crippen LogP contribution is 2.15. The van der Waals surface area contributed by atoms with Crippen LogP contribution in [0.4, 0.5) is 0 Å². The number of hydrogen-bond acceptors (Lipinski definition) is 1. The molecule has 181 valence electrons. The van der Waals surface area contributed by atoms with E-state index in [1.165, 1.54) is 116 Å². The van der Waals surface area contributed by atoms with E-state index in [1.807, 2.05) is 0 Å². The smallest absolute Gasteiger partial charge is 0.0931 e. The molecule has 0 amide bonds. The molecule has 0 bridgehead atoms. The molecule has 2 heteroatoms. The quantitative estimate of drug-likeness (QED) is 0.134. The fourth-order valence-corrected chi connectivity index (χ4v) is 4.20. The number of hydrogen-bond donors (Lipinski definition) is 0. The third-order valence-corrected chi connectivity index (χ3v) is 6.43. The summed E-state index contributed by atoms with van der Waals surface area (Å²) in [6, 6.07) is 0. The maximum absolute atomic E-state index is 12.1. The van der Waals surface area contributed by atoms with Crippen LogP contribution in [0.5, 0.6) is 0 Å². The lowest BCUT2D eigenvalue weighted by molar-refractivity contribution is 0.0251. The summed E-state index contributed by atoms with van der Waals surface area (Å²) in [6.07, 6.45) is 28.0. The number of rotatable bonds is 25. The number of ether oxygens (including phenoxy) is 1. The van der Waals surface area contributed by atoms with E-state index in [0.717, 1.165) is 32.3 Å². The third kappa shape index (κ3) is 24.2. The summed E-state index contributed by atoms with van der Waals surface area (Å²) < 4.78 is 5.92. The second-order valence-electron chi connectivity index (χ2n) is 9.68. The predicted octanol–water partition coefficient (Wildman–Crippen LogP) is 9.81. The van der Waals surface area contributed by atoms with E-state index in [2.05, 4.69) is 20.8 Å². The van der Waals surface area contributed by atoms with Crippen molar-refractivity contribution < 1.29 is 9.84 Å². The molecule has 0 heterocycles. The van der Waals surface area contributed by atoms with Gasteiger partial charge >= 0.3 is 0 Å². The largest absolute Gasteiger partial charge is 0.379 e. The Morgan fingerprint density at radius 2 is 0.900 bits per heavy atom. The van der Waals surface area contributed by atoms with Gasteiger partial charge in [-0.3, -0.25) is 0 Å². The van der Waals surface area contributed by atoms with E-state index < -0.39 is 0 Å². The highest BCUT2D eigenvalue weighted by atomic mass is 16.5. The molecule has 2 nitrogen and oxygen atoms in total. The summed E-state index contributed by atoms with van der Waals surface area (Å²) in [5.74, 6) is 0. The Morgan fingerprint density at radius 3 is 1.37 bits per heavy atom. The summed E-state index contributed by atoms with van der Waals surface area (Å²) in [5.41, 5.74) is 0. The Labute approximate surface area is 191 Å². The van der Waals surface area contributed by atoms with Crippen molar-refractivity contribution in [2.45, 2.75) is 174 Å². The molecule has 0 saturated heterocycles. The minimum atomic E-state index is -0.377. The second-order valence-corrected chi connectivity index (χ2v) is 9.68. The highest BCUT2D eigenvalue weighted by molar-refractivity contribution is 4.60. The van der Waals surface area contributed by atoms with Crippen LogP contribution in [0.25, 0.3) is 0 Å². The van der Waals surface area contributed by atoms with Crippen molar-refractivity contribution in [1.82, 2.24) is 0 Å². The van der Waals surface area contributed by atoms with E-state index in [1.54, 1.807) is 0 Å². The molecule has 0 aromatic carbocycles. The summed E-state index contributed by atoms with van der Waals surface area (Å²) in [7, 11) is 0. The van der Waals surface area contributed by atoms with Crippen molar-refractivity contribution >= 4 is 0 Å². The van der Waals surface area contributed by atoms with Gasteiger partial charge in [-0.1, -0.05) is 129 Å². The molecule has 0 aliphatic rings. The molecule has 1 radical (unpaired) electrons. The average molecular weight is 426 g/mol. The Hall–Kier alpha value is -0.0800. The van der Waals surface area contributed by atoms with Gasteiger partial charge in [-0.25, -0.2) is 5.11 Å². The maximum atomic E-state index is 12.1. The molecule has 30 heavy (non-hydrogen) atoms. The molecular weight excluding hydrogens is 368 g/mol. The van der Waals surface area contributed by atoms with Gasteiger partial charge in [0.05, 0.1) is 12.2 Å². The molecule has 0 aliphatic heterocycles. The minimum Gasteiger partial charge on any atom is -0.379 e. The third-order valence-electron chi connectivity index (χ3n) is 6.43. The van der Waals surface area contributed by atoms with Gasteiger partial charge in [-0.15, -0.1) is 0 Å². The normalized spacial score (nSPS) is 13.6. The van der Waals surface area contributed by atoms with Gasteiger partial charge in [0, 0.05) is 6.61 Å². The van der Waals surface area contributed by atoms with Crippen molar-refractivity contribution in [3.63, 3.8) is 0 Å². The van der Waals surface area contributed by atoms with E-state index >= 15 is 0 Å². The van der Waals surface area contributed by atoms with E-state index in [4.69, 9.17) is 4.74 Å². The molecule has 0 aromatic rings. The zero-order valence-corrected chi connectivity index (χ0v) is 21.2. The van der Waals surface area contributed by atoms with Gasteiger partial charge in [0.15, 0.2) is 0 Å². The van der Waals surface area contributed by atoms with Gasteiger partial charge in [-0.2, -0.15) is 0 Å². The maximum Gasteiger partial charge on any atom is 0.0931 e. The van der Waals surface area contributed by atoms with E-state index in [-0.39, 0.29) is 12.2 Å². The summed E-state index contributed by atoms with van der Waals surface area (Å²) in [4.78, 5) is 0. The van der Waals surface area contributed by atoms with Crippen LogP contribution < -0.4 is 0 Å². The second kappa shape index (κ2) is 25.2. The van der Waals surface area contributed by atoms with E-state index in [0.29, 0.717) is 0 Å². The first-order valence-corrected chi connectivity index (χ1v) is 14.0. The first-order valence-electron chi connectivity index (χ1n) is 14.0. The molecule has 0 spiro atoms. The Kier molecular flexibility index (Phi) is 25.1. The van der Waals surface area contributed by atoms with Crippen molar-refractivity contribution in [2.24, 2.45) is 0 Å². The van der Waals surface area contributed by atoms with Crippen LogP contribution in [0.1, 0.15) is 162 Å². The molecular formula is C28H57O2. The minimum absolute atomic E-state index is 0.253. The Bertz CT molecular complexity index is 305. The molecule has 0 fully saturated rings. The molecule has 0 rings (SSSR count). The molecule has 2 atom stereocenters. The van der Waals surface area contributed by atoms with E-state index in [9.17, 15) is 5.11 Å².